The predicted octanol–water partition coefficient (Wildman–Crippen LogP) is 2.61. The zero-order chi connectivity index (χ0) is 10.0. The van der Waals surface area contributed by atoms with Gasteiger partial charge in [0.1, 0.15) is 0 Å². The summed E-state index contributed by atoms with van der Waals surface area (Å²) >= 11 is 0. The van der Waals surface area contributed by atoms with Crippen molar-refractivity contribution in [3.8, 4) is 0 Å². The van der Waals surface area contributed by atoms with E-state index in [4.69, 9.17) is 4.74 Å². The molecule has 0 aromatic carbocycles. The second-order valence-electron chi connectivity index (χ2n) is 4.19. The fourth-order valence-electron chi connectivity index (χ4n) is 2.66. The SMILES string of the molecule is COC(=O)C1=CC=CCC12CCCC2. The van der Waals surface area contributed by atoms with Crippen LogP contribution in [0.4, 0.5) is 0 Å². The zero-order valence-corrected chi connectivity index (χ0v) is 8.58. The number of rotatable bonds is 1. The van der Waals surface area contributed by atoms with Gasteiger partial charge in [0.05, 0.1) is 7.11 Å². The molecule has 2 heteroatoms. The minimum absolute atomic E-state index is 0.113. The smallest absolute Gasteiger partial charge is 0.334 e. The van der Waals surface area contributed by atoms with Crippen molar-refractivity contribution in [1.82, 2.24) is 0 Å². The Morgan fingerprint density at radius 1 is 1.43 bits per heavy atom. The molecule has 2 aliphatic carbocycles. The van der Waals surface area contributed by atoms with Crippen molar-refractivity contribution in [2.24, 2.45) is 5.41 Å². The Morgan fingerprint density at radius 3 is 2.79 bits per heavy atom. The molecule has 0 aliphatic heterocycles. The van der Waals surface area contributed by atoms with Gasteiger partial charge < -0.3 is 4.74 Å². The summed E-state index contributed by atoms with van der Waals surface area (Å²) in [4.78, 5) is 11.6. The first-order valence-corrected chi connectivity index (χ1v) is 5.24. The summed E-state index contributed by atoms with van der Waals surface area (Å²) in [5, 5.41) is 0. The summed E-state index contributed by atoms with van der Waals surface area (Å²) in [6, 6.07) is 0. The van der Waals surface area contributed by atoms with E-state index in [9.17, 15) is 4.79 Å². The van der Waals surface area contributed by atoms with Crippen molar-refractivity contribution in [3.63, 3.8) is 0 Å². The summed E-state index contributed by atoms with van der Waals surface area (Å²) in [5.74, 6) is -0.142. The zero-order valence-electron chi connectivity index (χ0n) is 8.58. The van der Waals surface area contributed by atoms with Crippen LogP contribution < -0.4 is 0 Å². The van der Waals surface area contributed by atoms with Crippen LogP contribution in [-0.4, -0.2) is 13.1 Å². The minimum atomic E-state index is -0.142. The molecule has 0 amide bonds. The molecule has 1 fully saturated rings. The number of hydrogen-bond acceptors (Lipinski definition) is 2. The lowest BCUT2D eigenvalue weighted by molar-refractivity contribution is -0.137. The van der Waals surface area contributed by atoms with Gasteiger partial charge in [0.25, 0.3) is 0 Å². The Bertz CT molecular complexity index is 293. The molecule has 0 aromatic heterocycles. The Labute approximate surface area is 84.6 Å². The molecule has 0 N–H and O–H groups in total. The van der Waals surface area contributed by atoms with Crippen molar-refractivity contribution in [1.29, 1.82) is 0 Å². The largest absolute Gasteiger partial charge is 0.466 e. The second-order valence-corrected chi connectivity index (χ2v) is 4.19. The average Bonchev–Trinajstić information content (AvgIpc) is 2.67. The molecule has 0 bridgehead atoms. The van der Waals surface area contributed by atoms with Gasteiger partial charge in [-0.05, 0) is 19.3 Å². The first-order chi connectivity index (χ1) is 6.78. The van der Waals surface area contributed by atoms with Crippen molar-refractivity contribution in [2.75, 3.05) is 7.11 Å². The van der Waals surface area contributed by atoms with E-state index in [1.165, 1.54) is 20.0 Å². The van der Waals surface area contributed by atoms with Gasteiger partial charge in [-0.25, -0.2) is 4.79 Å². The Kier molecular flexibility index (Phi) is 2.44. The molecule has 1 saturated carbocycles. The summed E-state index contributed by atoms with van der Waals surface area (Å²) in [5.41, 5.74) is 1.00. The molecular formula is C12H16O2. The lowest BCUT2D eigenvalue weighted by Gasteiger charge is -2.31. The van der Waals surface area contributed by atoms with Crippen LogP contribution in [0.5, 0.6) is 0 Å². The molecule has 2 rings (SSSR count). The highest BCUT2D eigenvalue weighted by Crippen LogP contribution is 2.48. The molecule has 1 spiro atoms. The summed E-state index contributed by atoms with van der Waals surface area (Å²) in [7, 11) is 1.46. The molecule has 0 radical (unpaired) electrons. The highest BCUT2D eigenvalue weighted by Gasteiger charge is 2.40. The molecule has 0 unspecified atom stereocenters. The first kappa shape index (κ1) is 9.50. The van der Waals surface area contributed by atoms with E-state index in [0.717, 1.165) is 24.8 Å². The normalized spacial score (nSPS) is 23.6. The molecule has 0 heterocycles. The maximum absolute atomic E-state index is 11.6. The van der Waals surface area contributed by atoms with E-state index in [1.54, 1.807) is 0 Å². The molecular weight excluding hydrogens is 176 g/mol. The highest BCUT2D eigenvalue weighted by atomic mass is 16.5. The third-order valence-electron chi connectivity index (χ3n) is 3.44. The maximum atomic E-state index is 11.6. The second kappa shape index (κ2) is 3.60. The van der Waals surface area contributed by atoms with Crippen LogP contribution >= 0.6 is 0 Å². The first-order valence-electron chi connectivity index (χ1n) is 5.24. The summed E-state index contributed by atoms with van der Waals surface area (Å²) in [6.45, 7) is 0. The number of allylic oxidation sites excluding steroid dienone is 3. The molecule has 0 saturated heterocycles. The Balaban J connectivity index is 2.29. The van der Waals surface area contributed by atoms with Gasteiger partial charge in [-0.1, -0.05) is 31.1 Å². The fraction of sp³-hybridized carbons (Fsp3) is 0.583. The monoisotopic (exact) mass is 192 g/mol. The topological polar surface area (TPSA) is 26.3 Å². The van der Waals surface area contributed by atoms with Crippen LogP contribution in [0.25, 0.3) is 0 Å². The van der Waals surface area contributed by atoms with Crippen LogP contribution in [0.1, 0.15) is 32.1 Å². The number of carbonyl (C=O) groups excluding carboxylic acids is 1. The number of methoxy groups -OCH3 is 1. The van der Waals surface area contributed by atoms with Crippen molar-refractivity contribution in [2.45, 2.75) is 32.1 Å². The summed E-state index contributed by atoms with van der Waals surface area (Å²) in [6.07, 6.45) is 11.8. The fourth-order valence-corrected chi connectivity index (χ4v) is 2.66. The Morgan fingerprint density at radius 2 is 2.14 bits per heavy atom. The van der Waals surface area contributed by atoms with Crippen LogP contribution in [-0.2, 0) is 9.53 Å². The van der Waals surface area contributed by atoms with Crippen molar-refractivity contribution in [3.05, 3.63) is 23.8 Å². The highest BCUT2D eigenvalue weighted by molar-refractivity contribution is 5.90. The van der Waals surface area contributed by atoms with Gasteiger partial charge in [0.2, 0.25) is 0 Å². The van der Waals surface area contributed by atoms with Gasteiger partial charge in [-0.2, -0.15) is 0 Å². The third-order valence-corrected chi connectivity index (χ3v) is 3.44. The predicted molar refractivity (Wildman–Crippen MR) is 54.8 cm³/mol. The van der Waals surface area contributed by atoms with Crippen LogP contribution in [0.3, 0.4) is 0 Å². The number of hydrogen-bond donors (Lipinski definition) is 0. The van der Waals surface area contributed by atoms with E-state index in [2.05, 4.69) is 6.08 Å². The average molecular weight is 192 g/mol. The van der Waals surface area contributed by atoms with Gasteiger partial charge >= 0.3 is 5.97 Å². The lowest BCUT2D eigenvalue weighted by Crippen LogP contribution is -2.26. The van der Waals surface area contributed by atoms with E-state index in [1.807, 2.05) is 12.2 Å². The standard InChI is InChI=1S/C12H16O2/c1-14-11(13)10-6-2-3-7-12(10)8-4-5-9-12/h2-3,6H,4-5,7-9H2,1H3. The number of esters is 1. The van der Waals surface area contributed by atoms with Gasteiger partial charge in [-0.3, -0.25) is 0 Å². The van der Waals surface area contributed by atoms with Crippen LogP contribution in [0, 0.1) is 5.41 Å². The van der Waals surface area contributed by atoms with Gasteiger partial charge in [0, 0.05) is 11.0 Å². The molecule has 0 atom stereocenters. The molecule has 2 nitrogen and oxygen atoms in total. The lowest BCUT2D eigenvalue weighted by atomic mass is 9.73. The minimum Gasteiger partial charge on any atom is -0.466 e. The summed E-state index contributed by atoms with van der Waals surface area (Å²) < 4.78 is 4.84. The molecule has 2 aliphatic rings. The maximum Gasteiger partial charge on any atom is 0.334 e. The molecule has 76 valence electrons. The van der Waals surface area contributed by atoms with Crippen LogP contribution in [0.15, 0.2) is 23.8 Å². The number of carbonyl (C=O) groups is 1. The quantitative estimate of drug-likeness (QED) is 0.597. The van der Waals surface area contributed by atoms with E-state index in [0.29, 0.717) is 0 Å². The van der Waals surface area contributed by atoms with Crippen molar-refractivity contribution < 1.29 is 9.53 Å². The van der Waals surface area contributed by atoms with E-state index >= 15 is 0 Å². The van der Waals surface area contributed by atoms with E-state index in [-0.39, 0.29) is 11.4 Å². The van der Waals surface area contributed by atoms with Crippen LogP contribution in [0.2, 0.25) is 0 Å². The molecule has 0 aromatic rings. The number of ether oxygens (including phenoxy) is 1. The molecule has 14 heavy (non-hydrogen) atoms. The van der Waals surface area contributed by atoms with Gasteiger partial charge in [-0.15, -0.1) is 0 Å². The van der Waals surface area contributed by atoms with E-state index < -0.39 is 0 Å². The van der Waals surface area contributed by atoms with Crippen molar-refractivity contribution >= 4 is 5.97 Å². The Hall–Kier alpha value is -1.05. The van der Waals surface area contributed by atoms with Gasteiger partial charge in [0.15, 0.2) is 0 Å². The third kappa shape index (κ3) is 1.39.